The van der Waals surface area contributed by atoms with E-state index < -0.39 is 0 Å². The topological polar surface area (TPSA) is 26.0 Å². The maximum atomic E-state index is 5.71. The van der Waals surface area contributed by atoms with Crippen LogP contribution in [0, 0.1) is 5.92 Å². The summed E-state index contributed by atoms with van der Waals surface area (Å²) >= 11 is 1.66. The van der Waals surface area contributed by atoms with Crippen LogP contribution in [0.2, 0.25) is 0 Å². The second-order valence-electron chi connectivity index (χ2n) is 3.98. The van der Waals surface area contributed by atoms with Gasteiger partial charge in [0.05, 0.1) is 5.00 Å². The fourth-order valence-corrected chi connectivity index (χ4v) is 2.45. The highest BCUT2D eigenvalue weighted by Crippen LogP contribution is 2.23. The SMILES string of the molecule is CCCCC(CC)Cc1csc(N)c1. The van der Waals surface area contributed by atoms with Crippen molar-refractivity contribution in [1.29, 1.82) is 0 Å². The summed E-state index contributed by atoms with van der Waals surface area (Å²) in [6.45, 7) is 4.55. The lowest BCUT2D eigenvalue weighted by Crippen LogP contribution is -2.02. The predicted molar refractivity (Wildman–Crippen MR) is 65.7 cm³/mol. The van der Waals surface area contributed by atoms with Gasteiger partial charge in [-0.2, -0.15) is 0 Å². The molecule has 2 N–H and O–H groups in total. The lowest BCUT2D eigenvalue weighted by molar-refractivity contribution is 0.449. The first kappa shape index (κ1) is 11.6. The maximum Gasteiger partial charge on any atom is 0.0859 e. The molecule has 0 aliphatic carbocycles. The van der Waals surface area contributed by atoms with Gasteiger partial charge in [0.1, 0.15) is 0 Å². The summed E-state index contributed by atoms with van der Waals surface area (Å²) in [6, 6.07) is 2.12. The van der Waals surface area contributed by atoms with E-state index in [4.69, 9.17) is 5.73 Å². The molecule has 1 unspecified atom stereocenters. The molecule has 2 heteroatoms. The minimum Gasteiger partial charge on any atom is -0.391 e. The van der Waals surface area contributed by atoms with Crippen molar-refractivity contribution in [1.82, 2.24) is 0 Å². The molecule has 1 nitrogen and oxygen atoms in total. The van der Waals surface area contributed by atoms with E-state index in [1.807, 2.05) is 0 Å². The van der Waals surface area contributed by atoms with Crippen LogP contribution in [0.25, 0.3) is 0 Å². The standard InChI is InChI=1S/C12H21NS/c1-3-5-6-10(4-2)7-11-8-12(13)14-9-11/h8-10H,3-7,13H2,1-2H3. The van der Waals surface area contributed by atoms with Crippen LogP contribution in [0.5, 0.6) is 0 Å². The van der Waals surface area contributed by atoms with Gasteiger partial charge in [-0.25, -0.2) is 0 Å². The van der Waals surface area contributed by atoms with Gasteiger partial charge in [0.2, 0.25) is 0 Å². The Morgan fingerprint density at radius 1 is 1.43 bits per heavy atom. The quantitative estimate of drug-likeness (QED) is 0.753. The fourth-order valence-electron chi connectivity index (χ4n) is 1.78. The largest absolute Gasteiger partial charge is 0.391 e. The van der Waals surface area contributed by atoms with Crippen molar-refractivity contribution in [2.45, 2.75) is 46.0 Å². The van der Waals surface area contributed by atoms with Gasteiger partial charge in [-0.05, 0) is 29.3 Å². The summed E-state index contributed by atoms with van der Waals surface area (Å²) in [6.07, 6.45) is 6.53. The maximum absolute atomic E-state index is 5.71. The molecular formula is C12H21NS. The Kier molecular flexibility index (Phi) is 5.02. The molecule has 0 fully saturated rings. The Labute approximate surface area is 91.3 Å². The Bertz CT molecular complexity index is 255. The van der Waals surface area contributed by atoms with Gasteiger partial charge < -0.3 is 5.73 Å². The number of hydrogen-bond acceptors (Lipinski definition) is 2. The molecule has 0 aliphatic rings. The van der Waals surface area contributed by atoms with Crippen molar-refractivity contribution in [2.75, 3.05) is 5.73 Å². The Hall–Kier alpha value is -0.500. The third kappa shape index (κ3) is 3.70. The van der Waals surface area contributed by atoms with Gasteiger partial charge >= 0.3 is 0 Å². The van der Waals surface area contributed by atoms with Gasteiger partial charge in [-0.15, -0.1) is 11.3 Å². The molecule has 1 rings (SSSR count). The zero-order valence-corrected chi connectivity index (χ0v) is 10.1. The van der Waals surface area contributed by atoms with E-state index in [2.05, 4.69) is 25.3 Å². The van der Waals surface area contributed by atoms with Crippen LogP contribution in [0.15, 0.2) is 11.4 Å². The van der Waals surface area contributed by atoms with Gasteiger partial charge in [-0.3, -0.25) is 0 Å². The van der Waals surface area contributed by atoms with E-state index in [9.17, 15) is 0 Å². The number of anilines is 1. The molecule has 1 heterocycles. The van der Waals surface area contributed by atoms with Crippen molar-refractivity contribution in [3.63, 3.8) is 0 Å². The second kappa shape index (κ2) is 6.07. The number of unbranched alkanes of at least 4 members (excludes halogenated alkanes) is 1. The molecule has 0 saturated heterocycles. The average molecular weight is 211 g/mol. The van der Waals surface area contributed by atoms with Crippen molar-refractivity contribution < 1.29 is 0 Å². The molecule has 1 aromatic heterocycles. The first-order valence-electron chi connectivity index (χ1n) is 5.59. The first-order chi connectivity index (χ1) is 6.76. The van der Waals surface area contributed by atoms with Gasteiger partial charge in [-0.1, -0.05) is 39.5 Å². The fraction of sp³-hybridized carbons (Fsp3) is 0.667. The van der Waals surface area contributed by atoms with Crippen molar-refractivity contribution in [2.24, 2.45) is 5.92 Å². The molecule has 1 atom stereocenters. The third-order valence-corrected chi connectivity index (χ3v) is 3.55. The highest BCUT2D eigenvalue weighted by Gasteiger charge is 2.07. The van der Waals surface area contributed by atoms with E-state index in [-0.39, 0.29) is 0 Å². The summed E-state index contributed by atoms with van der Waals surface area (Å²) in [5, 5.41) is 3.15. The molecule has 1 aromatic rings. The van der Waals surface area contributed by atoms with Crippen molar-refractivity contribution >= 4 is 16.3 Å². The molecule has 0 bridgehead atoms. The number of thiophene rings is 1. The van der Waals surface area contributed by atoms with Crippen molar-refractivity contribution in [3.05, 3.63) is 17.0 Å². The van der Waals surface area contributed by atoms with E-state index >= 15 is 0 Å². The summed E-state index contributed by atoms with van der Waals surface area (Å²) in [4.78, 5) is 0. The Balaban J connectivity index is 2.40. The number of nitrogen functional groups attached to an aromatic ring is 1. The summed E-state index contributed by atoms with van der Waals surface area (Å²) in [5.41, 5.74) is 7.14. The van der Waals surface area contributed by atoms with Crippen LogP contribution < -0.4 is 5.73 Å². The van der Waals surface area contributed by atoms with Crippen LogP contribution in [0.3, 0.4) is 0 Å². The Morgan fingerprint density at radius 3 is 2.71 bits per heavy atom. The van der Waals surface area contributed by atoms with Gasteiger partial charge in [0.15, 0.2) is 0 Å². The molecule has 14 heavy (non-hydrogen) atoms. The molecule has 0 amide bonds. The van der Waals surface area contributed by atoms with E-state index in [1.165, 1.54) is 37.7 Å². The lowest BCUT2D eigenvalue weighted by Gasteiger charge is -2.12. The zero-order chi connectivity index (χ0) is 10.4. The van der Waals surface area contributed by atoms with Crippen molar-refractivity contribution in [3.8, 4) is 0 Å². The summed E-state index contributed by atoms with van der Waals surface area (Å²) in [5.74, 6) is 0.851. The van der Waals surface area contributed by atoms with Crippen LogP contribution >= 0.6 is 11.3 Å². The smallest absolute Gasteiger partial charge is 0.0859 e. The third-order valence-electron chi connectivity index (χ3n) is 2.74. The van der Waals surface area contributed by atoms with Crippen LogP contribution in [-0.4, -0.2) is 0 Å². The van der Waals surface area contributed by atoms with Crippen LogP contribution in [0.4, 0.5) is 5.00 Å². The lowest BCUT2D eigenvalue weighted by atomic mass is 9.93. The Morgan fingerprint density at radius 2 is 2.21 bits per heavy atom. The van der Waals surface area contributed by atoms with Gasteiger partial charge in [0.25, 0.3) is 0 Å². The van der Waals surface area contributed by atoms with Crippen LogP contribution in [0.1, 0.15) is 45.1 Å². The monoisotopic (exact) mass is 211 g/mol. The predicted octanol–water partition coefficient (Wildman–Crippen LogP) is 4.09. The number of hydrogen-bond donors (Lipinski definition) is 1. The molecule has 0 radical (unpaired) electrons. The zero-order valence-electron chi connectivity index (χ0n) is 9.25. The van der Waals surface area contributed by atoms with Crippen LogP contribution in [-0.2, 0) is 6.42 Å². The first-order valence-corrected chi connectivity index (χ1v) is 6.47. The number of nitrogens with two attached hydrogens (primary N) is 1. The van der Waals surface area contributed by atoms with E-state index in [1.54, 1.807) is 11.3 Å². The molecule has 0 aromatic carbocycles. The minimum atomic E-state index is 0.851. The van der Waals surface area contributed by atoms with E-state index in [0.717, 1.165) is 10.9 Å². The summed E-state index contributed by atoms with van der Waals surface area (Å²) < 4.78 is 0. The molecule has 0 spiro atoms. The molecular weight excluding hydrogens is 190 g/mol. The highest BCUT2D eigenvalue weighted by molar-refractivity contribution is 7.14. The highest BCUT2D eigenvalue weighted by atomic mass is 32.1. The summed E-state index contributed by atoms with van der Waals surface area (Å²) in [7, 11) is 0. The van der Waals surface area contributed by atoms with E-state index in [0.29, 0.717) is 0 Å². The number of rotatable bonds is 6. The molecule has 80 valence electrons. The minimum absolute atomic E-state index is 0.851. The molecule has 0 saturated carbocycles. The molecule has 0 aliphatic heterocycles. The van der Waals surface area contributed by atoms with Gasteiger partial charge in [0, 0.05) is 0 Å². The average Bonchev–Trinajstić information content (AvgIpc) is 2.58. The second-order valence-corrected chi connectivity index (χ2v) is 4.92. The normalized spacial score (nSPS) is 13.0.